The molecule has 0 aliphatic heterocycles. The van der Waals surface area contributed by atoms with Crippen LogP contribution in [-0.2, 0) is 0 Å². The molecule has 1 rings (SSSR count). The van der Waals surface area contributed by atoms with Crippen molar-refractivity contribution >= 4 is 11.4 Å². The van der Waals surface area contributed by atoms with Gasteiger partial charge in [-0.3, -0.25) is 0 Å². The Labute approximate surface area is 95.3 Å². The van der Waals surface area contributed by atoms with Crippen LogP contribution in [0.1, 0.15) is 13.8 Å². The molecule has 1 aromatic carbocycles. The first-order chi connectivity index (χ1) is 7.58. The molecule has 1 aromatic rings. The first-order valence-corrected chi connectivity index (χ1v) is 5.28. The summed E-state index contributed by atoms with van der Waals surface area (Å²) in [7, 11) is 0. The standard InChI is InChI=1S/C12H16FN3/c1-3-16(8-9(2)7-14)12-5-4-10(15)6-11(12)13/h4-6,9H,3,8,15H2,1-2H3. The van der Waals surface area contributed by atoms with Gasteiger partial charge in [-0.2, -0.15) is 5.26 Å². The van der Waals surface area contributed by atoms with E-state index in [2.05, 4.69) is 6.07 Å². The molecule has 0 aromatic heterocycles. The number of hydrogen-bond donors (Lipinski definition) is 1. The maximum atomic E-state index is 13.6. The molecule has 0 spiro atoms. The van der Waals surface area contributed by atoms with Crippen molar-refractivity contribution in [2.24, 2.45) is 5.92 Å². The van der Waals surface area contributed by atoms with Crippen LogP contribution in [0.2, 0.25) is 0 Å². The second-order valence-corrected chi connectivity index (χ2v) is 3.78. The van der Waals surface area contributed by atoms with Crippen LogP contribution in [0.15, 0.2) is 18.2 Å². The molecule has 0 saturated heterocycles. The van der Waals surface area contributed by atoms with Gasteiger partial charge in [0, 0.05) is 18.8 Å². The third kappa shape index (κ3) is 2.86. The Morgan fingerprint density at radius 1 is 1.56 bits per heavy atom. The molecule has 0 fully saturated rings. The van der Waals surface area contributed by atoms with Crippen molar-refractivity contribution in [3.05, 3.63) is 24.0 Å². The Morgan fingerprint density at radius 3 is 2.75 bits per heavy atom. The lowest BCUT2D eigenvalue weighted by atomic mass is 10.1. The number of anilines is 2. The van der Waals surface area contributed by atoms with Crippen molar-refractivity contribution in [2.75, 3.05) is 23.7 Å². The van der Waals surface area contributed by atoms with Crippen molar-refractivity contribution in [2.45, 2.75) is 13.8 Å². The van der Waals surface area contributed by atoms with E-state index >= 15 is 0 Å². The molecule has 0 aliphatic rings. The monoisotopic (exact) mass is 221 g/mol. The summed E-state index contributed by atoms with van der Waals surface area (Å²) in [4.78, 5) is 1.84. The number of rotatable bonds is 4. The van der Waals surface area contributed by atoms with Crippen LogP contribution in [0.3, 0.4) is 0 Å². The summed E-state index contributed by atoms with van der Waals surface area (Å²) in [5.74, 6) is -0.469. The van der Waals surface area contributed by atoms with Gasteiger partial charge in [0.15, 0.2) is 0 Å². The molecule has 1 unspecified atom stereocenters. The molecule has 2 N–H and O–H groups in total. The largest absolute Gasteiger partial charge is 0.399 e. The Balaban J connectivity index is 2.91. The average molecular weight is 221 g/mol. The van der Waals surface area contributed by atoms with Gasteiger partial charge in [-0.25, -0.2) is 4.39 Å². The predicted molar refractivity (Wildman–Crippen MR) is 63.5 cm³/mol. The van der Waals surface area contributed by atoms with E-state index in [9.17, 15) is 4.39 Å². The van der Waals surface area contributed by atoms with Crippen LogP contribution in [0, 0.1) is 23.1 Å². The molecule has 0 bridgehead atoms. The summed E-state index contributed by atoms with van der Waals surface area (Å²) in [5.41, 5.74) is 6.39. The molecule has 86 valence electrons. The molecule has 0 heterocycles. The molecular formula is C12H16FN3. The van der Waals surface area contributed by atoms with E-state index in [1.54, 1.807) is 12.1 Å². The summed E-state index contributed by atoms with van der Waals surface area (Å²) in [6.07, 6.45) is 0. The lowest BCUT2D eigenvalue weighted by Gasteiger charge is -2.24. The maximum absolute atomic E-state index is 13.6. The summed E-state index contributed by atoms with van der Waals surface area (Å²) >= 11 is 0. The van der Waals surface area contributed by atoms with Gasteiger partial charge in [0.25, 0.3) is 0 Å². The molecule has 4 heteroatoms. The van der Waals surface area contributed by atoms with Crippen molar-refractivity contribution in [1.29, 1.82) is 5.26 Å². The average Bonchev–Trinajstić information content (AvgIpc) is 2.26. The normalized spacial score (nSPS) is 11.9. The fourth-order valence-electron chi connectivity index (χ4n) is 1.55. The van der Waals surface area contributed by atoms with Crippen LogP contribution in [0.5, 0.6) is 0 Å². The topological polar surface area (TPSA) is 53.0 Å². The Kier molecular flexibility index (Phi) is 4.12. The maximum Gasteiger partial charge on any atom is 0.148 e. The van der Waals surface area contributed by atoms with Gasteiger partial charge in [0.05, 0.1) is 17.7 Å². The zero-order valence-corrected chi connectivity index (χ0v) is 9.57. The highest BCUT2D eigenvalue weighted by molar-refractivity contribution is 5.54. The number of nitrogen functional groups attached to an aromatic ring is 1. The summed E-state index contributed by atoms with van der Waals surface area (Å²) in [5, 5.41) is 8.75. The molecule has 1 atom stereocenters. The quantitative estimate of drug-likeness (QED) is 0.794. The van der Waals surface area contributed by atoms with E-state index in [1.165, 1.54) is 6.07 Å². The first-order valence-electron chi connectivity index (χ1n) is 5.28. The van der Waals surface area contributed by atoms with Gasteiger partial charge in [0.1, 0.15) is 5.82 Å². The number of halogens is 1. The molecule has 0 aliphatic carbocycles. The highest BCUT2D eigenvalue weighted by Gasteiger charge is 2.12. The minimum absolute atomic E-state index is 0.128. The van der Waals surface area contributed by atoms with E-state index in [0.29, 0.717) is 24.5 Å². The fourth-order valence-corrected chi connectivity index (χ4v) is 1.55. The zero-order chi connectivity index (χ0) is 12.1. The smallest absolute Gasteiger partial charge is 0.148 e. The van der Waals surface area contributed by atoms with E-state index < -0.39 is 0 Å². The zero-order valence-electron chi connectivity index (χ0n) is 9.57. The second-order valence-electron chi connectivity index (χ2n) is 3.78. The van der Waals surface area contributed by atoms with Crippen molar-refractivity contribution < 1.29 is 4.39 Å². The van der Waals surface area contributed by atoms with Crippen molar-refractivity contribution in [1.82, 2.24) is 0 Å². The number of benzene rings is 1. The summed E-state index contributed by atoms with van der Waals surface area (Å²) in [6, 6.07) is 6.76. The third-order valence-electron chi connectivity index (χ3n) is 2.41. The third-order valence-corrected chi connectivity index (χ3v) is 2.41. The van der Waals surface area contributed by atoms with Gasteiger partial charge in [-0.05, 0) is 32.0 Å². The molecule has 16 heavy (non-hydrogen) atoms. The predicted octanol–water partition coefficient (Wildman–Crippen LogP) is 2.39. The van der Waals surface area contributed by atoms with Gasteiger partial charge < -0.3 is 10.6 Å². The first kappa shape index (κ1) is 12.3. The molecule has 0 radical (unpaired) electrons. The van der Waals surface area contributed by atoms with Crippen LogP contribution in [-0.4, -0.2) is 13.1 Å². The lowest BCUT2D eigenvalue weighted by molar-refractivity contribution is 0.607. The molecule has 3 nitrogen and oxygen atoms in total. The van der Waals surface area contributed by atoms with Crippen molar-refractivity contribution in [3.63, 3.8) is 0 Å². The van der Waals surface area contributed by atoms with E-state index in [-0.39, 0.29) is 11.7 Å². The van der Waals surface area contributed by atoms with Gasteiger partial charge >= 0.3 is 0 Å². The molecular weight excluding hydrogens is 205 g/mol. The van der Waals surface area contributed by atoms with Gasteiger partial charge in [-0.1, -0.05) is 0 Å². The number of nitrogens with zero attached hydrogens (tertiary/aromatic N) is 2. The minimum atomic E-state index is -0.341. The van der Waals surface area contributed by atoms with Gasteiger partial charge in [0.2, 0.25) is 0 Å². The Morgan fingerprint density at radius 2 is 2.25 bits per heavy atom. The molecule has 0 saturated carbocycles. The van der Waals surface area contributed by atoms with Crippen LogP contribution < -0.4 is 10.6 Å². The lowest BCUT2D eigenvalue weighted by Crippen LogP contribution is -2.28. The van der Waals surface area contributed by atoms with Crippen molar-refractivity contribution in [3.8, 4) is 6.07 Å². The highest BCUT2D eigenvalue weighted by atomic mass is 19.1. The molecule has 0 amide bonds. The van der Waals surface area contributed by atoms with Crippen LogP contribution in [0.4, 0.5) is 15.8 Å². The van der Waals surface area contributed by atoms with E-state index in [4.69, 9.17) is 11.0 Å². The van der Waals surface area contributed by atoms with Crippen LogP contribution in [0.25, 0.3) is 0 Å². The van der Waals surface area contributed by atoms with E-state index in [0.717, 1.165) is 0 Å². The van der Waals surface area contributed by atoms with E-state index in [1.807, 2.05) is 18.7 Å². The highest BCUT2D eigenvalue weighted by Crippen LogP contribution is 2.22. The fraction of sp³-hybridized carbons (Fsp3) is 0.417. The van der Waals surface area contributed by atoms with Gasteiger partial charge in [-0.15, -0.1) is 0 Å². The number of nitrogens with two attached hydrogens (primary N) is 1. The minimum Gasteiger partial charge on any atom is -0.399 e. The number of hydrogen-bond acceptors (Lipinski definition) is 3. The summed E-state index contributed by atoms with van der Waals surface area (Å²) in [6.45, 7) is 4.93. The Bertz CT molecular complexity index is 398. The summed E-state index contributed by atoms with van der Waals surface area (Å²) < 4.78 is 13.6. The second kappa shape index (κ2) is 5.36. The van der Waals surface area contributed by atoms with Crippen LogP contribution >= 0.6 is 0 Å². The SMILES string of the molecule is CCN(CC(C)C#N)c1ccc(N)cc1F. The Hall–Kier alpha value is -1.76. The number of nitriles is 1.